The summed E-state index contributed by atoms with van der Waals surface area (Å²) in [5.41, 5.74) is 1.76. The molecule has 0 amide bonds. The highest BCUT2D eigenvalue weighted by Gasteiger charge is 2.12. The van der Waals surface area contributed by atoms with Gasteiger partial charge in [-0.05, 0) is 37.8 Å². The zero-order valence-electron chi connectivity index (χ0n) is 12.3. The highest BCUT2D eigenvalue weighted by Crippen LogP contribution is 2.09. The number of rotatable bonds is 8. The summed E-state index contributed by atoms with van der Waals surface area (Å²) in [6.07, 6.45) is 3.76. The molecule has 0 bridgehead atoms. The second-order valence-electron chi connectivity index (χ2n) is 5.39. The van der Waals surface area contributed by atoms with E-state index in [1.54, 1.807) is 12.1 Å². The van der Waals surface area contributed by atoms with Gasteiger partial charge >= 0.3 is 7.12 Å². The average molecular weight is 263 g/mol. The third-order valence-corrected chi connectivity index (χ3v) is 3.44. The van der Waals surface area contributed by atoms with E-state index in [2.05, 4.69) is 25.7 Å². The fourth-order valence-electron chi connectivity index (χ4n) is 2.11. The Kier molecular flexibility index (Phi) is 7.14. The smallest absolute Gasteiger partial charge is 0.423 e. The predicted octanol–water partition coefficient (Wildman–Crippen LogP) is 1.77. The summed E-state index contributed by atoms with van der Waals surface area (Å²) >= 11 is 0. The van der Waals surface area contributed by atoms with E-state index < -0.39 is 7.12 Å². The lowest BCUT2D eigenvalue weighted by Gasteiger charge is -2.26. The molecule has 0 unspecified atom stereocenters. The maximum absolute atomic E-state index is 9.07. The molecule has 0 spiro atoms. The van der Waals surface area contributed by atoms with E-state index in [0.717, 1.165) is 13.1 Å². The van der Waals surface area contributed by atoms with Crippen molar-refractivity contribution in [3.05, 3.63) is 29.8 Å². The predicted molar refractivity (Wildman–Crippen MR) is 81.3 cm³/mol. The van der Waals surface area contributed by atoms with E-state index in [-0.39, 0.29) is 0 Å². The van der Waals surface area contributed by atoms with Crippen LogP contribution in [-0.4, -0.2) is 34.7 Å². The number of hydrogen-bond donors (Lipinski definition) is 2. The summed E-state index contributed by atoms with van der Waals surface area (Å²) in [5.74, 6) is 0. The Morgan fingerprint density at radius 3 is 2.21 bits per heavy atom. The summed E-state index contributed by atoms with van der Waals surface area (Å²) in [7, 11) is -1.38. The van der Waals surface area contributed by atoms with Gasteiger partial charge < -0.3 is 10.0 Å². The first kappa shape index (κ1) is 16.2. The molecule has 0 saturated carbocycles. The minimum Gasteiger partial charge on any atom is -0.423 e. The third kappa shape index (κ3) is 5.77. The van der Waals surface area contributed by atoms with Crippen molar-refractivity contribution < 1.29 is 10.0 Å². The zero-order chi connectivity index (χ0) is 14.3. The standard InChI is InChI=1S/C15H26BNO2/c1-4-5-6-11-17(13(2)3)12-14-7-9-15(10-8-14)16(18)19/h7-10,13,18-19H,4-6,11-12H2,1-3H3. The first-order valence-corrected chi connectivity index (χ1v) is 7.23. The van der Waals surface area contributed by atoms with Gasteiger partial charge in [0.15, 0.2) is 0 Å². The Balaban J connectivity index is 2.58. The van der Waals surface area contributed by atoms with Crippen molar-refractivity contribution >= 4 is 12.6 Å². The summed E-state index contributed by atoms with van der Waals surface area (Å²) in [6, 6.07) is 8.04. The summed E-state index contributed by atoms with van der Waals surface area (Å²) < 4.78 is 0. The van der Waals surface area contributed by atoms with Crippen LogP contribution < -0.4 is 5.46 Å². The van der Waals surface area contributed by atoms with Gasteiger partial charge in [-0.15, -0.1) is 0 Å². The molecule has 0 atom stereocenters. The fraction of sp³-hybridized carbons (Fsp3) is 0.600. The maximum atomic E-state index is 9.07. The molecule has 1 rings (SSSR count). The Bertz CT molecular complexity index is 352. The fourth-order valence-corrected chi connectivity index (χ4v) is 2.11. The van der Waals surface area contributed by atoms with Gasteiger partial charge in [-0.3, -0.25) is 4.90 Å². The Morgan fingerprint density at radius 2 is 1.74 bits per heavy atom. The van der Waals surface area contributed by atoms with Crippen molar-refractivity contribution in [2.75, 3.05) is 6.54 Å². The zero-order valence-corrected chi connectivity index (χ0v) is 12.3. The average Bonchev–Trinajstić information content (AvgIpc) is 2.38. The van der Waals surface area contributed by atoms with Crippen molar-refractivity contribution in [2.24, 2.45) is 0 Å². The quantitative estimate of drug-likeness (QED) is 0.555. The van der Waals surface area contributed by atoms with E-state index >= 15 is 0 Å². The SMILES string of the molecule is CCCCCN(Cc1ccc(B(O)O)cc1)C(C)C. The van der Waals surface area contributed by atoms with Gasteiger partial charge in [-0.2, -0.15) is 0 Å². The van der Waals surface area contributed by atoms with Crippen LogP contribution in [0.15, 0.2) is 24.3 Å². The molecular formula is C15H26BNO2. The van der Waals surface area contributed by atoms with Gasteiger partial charge in [-0.1, -0.05) is 44.0 Å². The van der Waals surface area contributed by atoms with Crippen molar-refractivity contribution in [1.82, 2.24) is 4.90 Å². The van der Waals surface area contributed by atoms with Gasteiger partial charge in [-0.25, -0.2) is 0 Å². The van der Waals surface area contributed by atoms with E-state index in [9.17, 15) is 0 Å². The second-order valence-corrected chi connectivity index (χ2v) is 5.39. The van der Waals surface area contributed by atoms with Crippen LogP contribution in [0, 0.1) is 0 Å². The molecule has 0 aliphatic heterocycles. The number of unbranched alkanes of at least 4 members (excludes halogenated alkanes) is 2. The Morgan fingerprint density at radius 1 is 1.11 bits per heavy atom. The van der Waals surface area contributed by atoms with E-state index in [4.69, 9.17) is 10.0 Å². The van der Waals surface area contributed by atoms with Crippen LogP contribution in [0.1, 0.15) is 45.6 Å². The minimum atomic E-state index is -1.38. The van der Waals surface area contributed by atoms with Crippen molar-refractivity contribution in [3.8, 4) is 0 Å². The molecular weight excluding hydrogens is 237 g/mol. The number of benzene rings is 1. The normalized spacial score (nSPS) is 11.3. The Labute approximate surface area is 117 Å². The highest BCUT2D eigenvalue weighted by molar-refractivity contribution is 6.58. The van der Waals surface area contributed by atoms with Crippen LogP contribution in [-0.2, 0) is 6.54 Å². The molecule has 0 heterocycles. The second kappa shape index (κ2) is 8.36. The molecule has 1 aromatic rings. The van der Waals surface area contributed by atoms with E-state index in [0.29, 0.717) is 11.5 Å². The van der Waals surface area contributed by atoms with Gasteiger partial charge in [0.25, 0.3) is 0 Å². The van der Waals surface area contributed by atoms with Crippen LogP contribution in [0.3, 0.4) is 0 Å². The number of nitrogens with zero attached hydrogens (tertiary/aromatic N) is 1. The molecule has 2 N–H and O–H groups in total. The van der Waals surface area contributed by atoms with Crippen molar-refractivity contribution in [3.63, 3.8) is 0 Å². The third-order valence-electron chi connectivity index (χ3n) is 3.44. The highest BCUT2D eigenvalue weighted by atomic mass is 16.4. The molecule has 106 valence electrons. The minimum absolute atomic E-state index is 0.528. The molecule has 0 aliphatic rings. The summed E-state index contributed by atoms with van der Waals surface area (Å²) in [6.45, 7) is 8.70. The van der Waals surface area contributed by atoms with Crippen molar-refractivity contribution in [1.29, 1.82) is 0 Å². The van der Waals surface area contributed by atoms with Crippen molar-refractivity contribution in [2.45, 2.75) is 52.6 Å². The molecule has 0 aromatic heterocycles. The lowest BCUT2D eigenvalue weighted by Crippen LogP contribution is -2.32. The molecule has 0 saturated heterocycles. The lowest BCUT2D eigenvalue weighted by atomic mass is 9.80. The molecule has 0 aliphatic carbocycles. The van der Waals surface area contributed by atoms with Crippen LogP contribution in [0.25, 0.3) is 0 Å². The molecule has 19 heavy (non-hydrogen) atoms. The van der Waals surface area contributed by atoms with Gasteiger partial charge in [0.2, 0.25) is 0 Å². The van der Waals surface area contributed by atoms with Crippen LogP contribution in [0.2, 0.25) is 0 Å². The van der Waals surface area contributed by atoms with Gasteiger partial charge in [0, 0.05) is 12.6 Å². The summed E-state index contributed by atoms with van der Waals surface area (Å²) in [5, 5.41) is 18.1. The number of hydrogen-bond acceptors (Lipinski definition) is 3. The topological polar surface area (TPSA) is 43.7 Å². The maximum Gasteiger partial charge on any atom is 0.488 e. The van der Waals surface area contributed by atoms with Crippen LogP contribution in [0.5, 0.6) is 0 Å². The van der Waals surface area contributed by atoms with Gasteiger partial charge in [0.05, 0.1) is 0 Å². The Hall–Kier alpha value is -0.835. The molecule has 4 heteroatoms. The van der Waals surface area contributed by atoms with Gasteiger partial charge in [0.1, 0.15) is 0 Å². The largest absolute Gasteiger partial charge is 0.488 e. The van der Waals surface area contributed by atoms with Crippen LogP contribution in [0.4, 0.5) is 0 Å². The van der Waals surface area contributed by atoms with E-state index in [1.165, 1.54) is 24.8 Å². The van der Waals surface area contributed by atoms with E-state index in [1.807, 2.05) is 12.1 Å². The molecule has 3 nitrogen and oxygen atoms in total. The van der Waals surface area contributed by atoms with Crippen LogP contribution >= 0.6 is 0 Å². The monoisotopic (exact) mass is 263 g/mol. The summed E-state index contributed by atoms with van der Waals surface area (Å²) in [4.78, 5) is 2.46. The first-order chi connectivity index (χ1) is 9.04. The first-order valence-electron chi connectivity index (χ1n) is 7.23. The molecule has 0 fully saturated rings. The lowest BCUT2D eigenvalue weighted by molar-refractivity contribution is 0.208. The molecule has 0 radical (unpaired) electrons. The molecule has 1 aromatic carbocycles.